The number of ether oxygens (including phenoxy) is 2. The lowest BCUT2D eigenvalue weighted by molar-refractivity contribution is -0.135. The van der Waals surface area contributed by atoms with Gasteiger partial charge >= 0.3 is 0 Å². The Labute approximate surface area is 104 Å². The highest BCUT2D eigenvalue weighted by Gasteiger charge is 2.18. The van der Waals surface area contributed by atoms with Crippen LogP contribution < -0.4 is 5.32 Å². The van der Waals surface area contributed by atoms with Gasteiger partial charge in [-0.2, -0.15) is 0 Å². The minimum Gasteiger partial charge on any atom is -0.383 e. The molecule has 0 aromatic heterocycles. The quantitative estimate of drug-likeness (QED) is 0.570. The van der Waals surface area contributed by atoms with Crippen LogP contribution in [0.5, 0.6) is 0 Å². The lowest BCUT2D eigenvalue weighted by Crippen LogP contribution is -2.43. The topological polar surface area (TPSA) is 50.8 Å². The molecule has 0 aliphatic carbocycles. The van der Waals surface area contributed by atoms with Crippen molar-refractivity contribution in [1.82, 2.24) is 10.2 Å². The molecule has 5 heteroatoms. The van der Waals surface area contributed by atoms with E-state index >= 15 is 0 Å². The average molecular weight is 246 g/mol. The van der Waals surface area contributed by atoms with Crippen molar-refractivity contribution in [2.45, 2.75) is 25.8 Å². The van der Waals surface area contributed by atoms with E-state index in [0.717, 1.165) is 13.0 Å². The van der Waals surface area contributed by atoms with Crippen LogP contribution in [-0.2, 0) is 14.3 Å². The fourth-order valence-corrected chi connectivity index (χ4v) is 1.67. The number of hydrogen-bond acceptors (Lipinski definition) is 4. The van der Waals surface area contributed by atoms with Gasteiger partial charge in [-0.3, -0.25) is 4.79 Å². The summed E-state index contributed by atoms with van der Waals surface area (Å²) in [6.07, 6.45) is 1.43. The summed E-state index contributed by atoms with van der Waals surface area (Å²) in [5.74, 6) is 0.168. The van der Waals surface area contributed by atoms with E-state index in [1.165, 1.54) is 0 Å². The van der Waals surface area contributed by atoms with Gasteiger partial charge in [-0.1, -0.05) is 0 Å². The number of amides is 1. The number of nitrogens with zero attached hydrogens (tertiary/aromatic N) is 1. The van der Waals surface area contributed by atoms with Crippen LogP contribution in [0.3, 0.4) is 0 Å². The Kier molecular flexibility index (Phi) is 10.1. The Balaban J connectivity index is 4.18. The van der Waals surface area contributed by atoms with E-state index in [1.807, 2.05) is 18.9 Å². The van der Waals surface area contributed by atoms with Crippen LogP contribution >= 0.6 is 0 Å². The van der Waals surface area contributed by atoms with Crippen molar-refractivity contribution in [3.8, 4) is 0 Å². The second kappa shape index (κ2) is 10.5. The van der Waals surface area contributed by atoms with Crippen LogP contribution in [0.15, 0.2) is 0 Å². The van der Waals surface area contributed by atoms with Crippen molar-refractivity contribution in [1.29, 1.82) is 0 Å². The molecule has 0 aliphatic rings. The first-order valence-electron chi connectivity index (χ1n) is 6.09. The first-order chi connectivity index (χ1) is 8.17. The molecule has 1 N–H and O–H groups in total. The van der Waals surface area contributed by atoms with Gasteiger partial charge in [-0.15, -0.1) is 0 Å². The summed E-state index contributed by atoms with van der Waals surface area (Å²) in [5.41, 5.74) is 0. The SMILES string of the molecule is CNCCCC(=O)N(CCOC)C(C)COC. The number of hydrogen-bond donors (Lipinski definition) is 1. The molecular formula is C12H26N2O3. The molecule has 1 amide bonds. The van der Waals surface area contributed by atoms with Gasteiger partial charge in [0.1, 0.15) is 0 Å². The number of rotatable bonds is 10. The summed E-state index contributed by atoms with van der Waals surface area (Å²) >= 11 is 0. The van der Waals surface area contributed by atoms with Gasteiger partial charge < -0.3 is 19.7 Å². The minimum atomic E-state index is 0.0947. The molecule has 0 aliphatic heterocycles. The Bertz CT molecular complexity index is 200. The maximum absolute atomic E-state index is 12.0. The summed E-state index contributed by atoms with van der Waals surface area (Å²) in [6.45, 7) is 4.60. The van der Waals surface area contributed by atoms with Crippen molar-refractivity contribution in [3.63, 3.8) is 0 Å². The van der Waals surface area contributed by atoms with Crippen molar-refractivity contribution < 1.29 is 14.3 Å². The molecule has 1 atom stereocenters. The molecule has 0 aromatic rings. The molecule has 0 saturated carbocycles. The first-order valence-corrected chi connectivity index (χ1v) is 6.09. The van der Waals surface area contributed by atoms with E-state index in [2.05, 4.69) is 5.32 Å². The molecule has 102 valence electrons. The summed E-state index contributed by atoms with van der Waals surface area (Å²) < 4.78 is 10.1. The van der Waals surface area contributed by atoms with E-state index < -0.39 is 0 Å². The normalized spacial score (nSPS) is 12.5. The highest BCUT2D eigenvalue weighted by molar-refractivity contribution is 5.76. The number of methoxy groups -OCH3 is 2. The summed E-state index contributed by atoms with van der Waals surface area (Å²) in [6, 6.07) is 0.0947. The minimum absolute atomic E-state index is 0.0947. The molecule has 0 rings (SSSR count). The van der Waals surface area contributed by atoms with Gasteiger partial charge in [0, 0.05) is 27.2 Å². The van der Waals surface area contributed by atoms with Gasteiger partial charge in [0.15, 0.2) is 0 Å². The van der Waals surface area contributed by atoms with Crippen LogP contribution in [0.25, 0.3) is 0 Å². The van der Waals surface area contributed by atoms with E-state index in [4.69, 9.17) is 9.47 Å². The Morgan fingerprint density at radius 3 is 2.59 bits per heavy atom. The van der Waals surface area contributed by atoms with Crippen molar-refractivity contribution >= 4 is 5.91 Å². The lowest BCUT2D eigenvalue weighted by Gasteiger charge is -2.28. The zero-order chi connectivity index (χ0) is 13.1. The zero-order valence-corrected chi connectivity index (χ0v) is 11.5. The third kappa shape index (κ3) is 7.31. The van der Waals surface area contributed by atoms with Gasteiger partial charge in [0.2, 0.25) is 5.91 Å². The average Bonchev–Trinajstić information content (AvgIpc) is 2.30. The molecule has 1 unspecified atom stereocenters. The summed E-state index contributed by atoms with van der Waals surface area (Å²) in [7, 11) is 5.18. The predicted molar refractivity (Wildman–Crippen MR) is 68.1 cm³/mol. The Morgan fingerprint density at radius 2 is 2.06 bits per heavy atom. The van der Waals surface area contributed by atoms with Crippen LogP contribution in [0.2, 0.25) is 0 Å². The molecule has 5 nitrogen and oxygen atoms in total. The molecule has 0 saturated heterocycles. The lowest BCUT2D eigenvalue weighted by atomic mass is 10.2. The molecule has 0 fully saturated rings. The second-order valence-electron chi connectivity index (χ2n) is 4.09. The van der Waals surface area contributed by atoms with Gasteiger partial charge in [-0.05, 0) is 26.9 Å². The van der Waals surface area contributed by atoms with E-state index in [1.54, 1.807) is 14.2 Å². The Hall–Kier alpha value is -0.650. The fraction of sp³-hybridized carbons (Fsp3) is 0.917. The monoisotopic (exact) mass is 246 g/mol. The van der Waals surface area contributed by atoms with Crippen LogP contribution in [-0.4, -0.2) is 64.4 Å². The number of nitrogens with one attached hydrogen (secondary N) is 1. The fourth-order valence-electron chi connectivity index (χ4n) is 1.67. The second-order valence-corrected chi connectivity index (χ2v) is 4.09. The third-order valence-corrected chi connectivity index (χ3v) is 2.61. The van der Waals surface area contributed by atoms with Crippen LogP contribution in [0.4, 0.5) is 0 Å². The molecule has 0 heterocycles. The predicted octanol–water partition coefficient (Wildman–Crippen LogP) is 0.496. The highest BCUT2D eigenvalue weighted by atomic mass is 16.5. The Morgan fingerprint density at radius 1 is 1.35 bits per heavy atom. The molecule has 0 aromatic carbocycles. The maximum atomic E-state index is 12.0. The van der Waals surface area contributed by atoms with E-state index in [0.29, 0.717) is 26.2 Å². The number of carbonyl (C=O) groups is 1. The van der Waals surface area contributed by atoms with Crippen LogP contribution in [0, 0.1) is 0 Å². The number of carbonyl (C=O) groups excluding carboxylic acids is 1. The van der Waals surface area contributed by atoms with Crippen LogP contribution in [0.1, 0.15) is 19.8 Å². The standard InChI is InChI=1S/C12H26N2O3/c1-11(10-17-4)14(8-9-16-3)12(15)6-5-7-13-2/h11,13H,5-10H2,1-4H3. The summed E-state index contributed by atoms with van der Waals surface area (Å²) in [5, 5.41) is 3.04. The van der Waals surface area contributed by atoms with Crippen molar-refractivity contribution in [2.75, 3.05) is 47.6 Å². The smallest absolute Gasteiger partial charge is 0.223 e. The van der Waals surface area contributed by atoms with Crippen molar-refractivity contribution in [2.24, 2.45) is 0 Å². The largest absolute Gasteiger partial charge is 0.383 e. The third-order valence-electron chi connectivity index (χ3n) is 2.61. The van der Waals surface area contributed by atoms with E-state index in [9.17, 15) is 4.79 Å². The first kappa shape index (κ1) is 16.4. The van der Waals surface area contributed by atoms with E-state index in [-0.39, 0.29) is 11.9 Å². The molecule has 0 spiro atoms. The molecule has 0 radical (unpaired) electrons. The van der Waals surface area contributed by atoms with Gasteiger partial charge in [0.25, 0.3) is 0 Å². The molecular weight excluding hydrogens is 220 g/mol. The molecule has 17 heavy (non-hydrogen) atoms. The van der Waals surface area contributed by atoms with Gasteiger partial charge in [-0.25, -0.2) is 0 Å². The van der Waals surface area contributed by atoms with Crippen molar-refractivity contribution in [3.05, 3.63) is 0 Å². The zero-order valence-electron chi connectivity index (χ0n) is 11.5. The summed E-state index contributed by atoms with van der Waals surface area (Å²) in [4.78, 5) is 13.9. The highest BCUT2D eigenvalue weighted by Crippen LogP contribution is 2.04. The van der Waals surface area contributed by atoms with Gasteiger partial charge in [0.05, 0.1) is 19.3 Å². The maximum Gasteiger partial charge on any atom is 0.223 e. The molecule has 0 bridgehead atoms.